The van der Waals surface area contributed by atoms with Crippen LogP contribution in [0.5, 0.6) is 0 Å². The van der Waals surface area contributed by atoms with Crippen molar-refractivity contribution in [1.29, 1.82) is 0 Å². The van der Waals surface area contributed by atoms with Crippen LogP contribution in [0.3, 0.4) is 0 Å². The Bertz CT molecular complexity index is 1310. The maximum atomic E-state index is 13.2. The average Bonchev–Trinajstić information content (AvgIpc) is 3.53. The normalized spacial score (nSPS) is 23.9. The Balaban J connectivity index is 1.26. The molecule has 3 aliphatic rings. The molecule has 0 aromatic heterocycles. The molecule has 2 aromatic rings. The Morgan fingerprint density at radius 1 is 1.03 bits per heavy atom. The van der Waals surface area contributed by atoms with Crippen LogP contribution in [-0.4, -0.2) is 40.6 Å². The molecule has 1 saturated heterocycles. The minimum atomic E-state index is -4.70. The highest BCUT2D eigenvalue weighted by Crippen LogP contribution is 2.52. The van der Waals surface area contributed by atoms with E-state index in [0.717, 1.165) is 24.6 Å². The SMILES string of the molecule is O=C(Nc1ccccc1C(F)(F)F)c1ccc(NCCN2C(=O)[C@@H]3[C@H](C2=O)[C@H]2C=C[C@H]3C2)c([N+](=O)[O-])c1. The largest absolute Gasteiger partial charge is 0.418 e. The second-order valence-corrected chi connectivity index (χ2v) is 9.24. The second-order valence-electron chi connectivity index (χ2n) is 9.24. The monoisotopic (exact) mass is 514 g/mol. The zero-order valence-electron chi connectivity index (χ0n) is 19.2. The summed E-state index contributed by atoms with van der Waals surface area (Å²) in [7, 11) is 0. The maximum Gasteiger partial charge on any atom is 0.418 e. The number of rotatable bonds is 7. The summed E-state index contributed by atoms with van der Waals surface area (Å²) in [5, 5.41) is 16.6. The number of benzene rings is 2. The van der Waals surface area contributed by atoms with E-state index in [0.29, 0.717) is 0 Å². The Hall–Kier alpha value is -4.22. The molecule has 0 unspecified atom stereocenters. The van der Waals surface area contributed by atoms with Crippen molar-refractivity contribution in [3.8, 4) is 0 Å². The Kier molecular flexibility index (Phi) is 5.97. The first kappa shape index (κ1) is 24.5. The van der Waals surface area contributed by atoms with E-state index in [1.165, 1.54) is 29.2 Å². The van der Waals surface area contributed by atoms with Crippen molar-refractivity contribution in [3.05, 3.63) is 75.9 Å². The molecule has 2 fully saturated rings. The summed E-state index contributed by atoms with van der Waals surface area (Å²) < 4.78 is 39.6. The highest BCUT2D eigenvalue weighted by Gasteiger charge is 2.58. The molecule has 37 heavy (non-hydrogen) atoms. The molecule has 2 aliphatic carbocycles. The van der Waals surface area contributed by atoms with Gasteiger partial charge < -0.3 is 10.6 Å². The number of carbonyl (C=O) groups is 3. The van der Waals surface area contributed by atoms with Crippen LogP contribution in [0.4, 0.5) is 30.2 Å². The first-order valence-corrected chi connectivity index (χ1v) is 11.6. The smallest absolute Gasteiger partial charge is 0.378 e. The van der Waals surface area contributed by atoms with Gasteiger partial charge in [-0.3, -0.25) is 29.4 Å². The summed E-state index contributed by atoms with van der Waals surface area (Å²) in [5.74, 6) is -1.92. The van der Waals surface area contributed by atoms with Gasteiger partial charge in [0.05, 0.1) is 28.0 Å². The molecule has 3 amide bonds. The maximum absolute atomic E-state index is 13.2. The van der Waals surface area contributed by atoms with Gasteiger partial charge in [-0.05, 0) is 42.5 Å². The Morgan fingerprint density at radius 2 is 1.68 bits per heavy atom. The number of nitrogens with zero attached hydrogens (tertiary/aromatic N) is 2. The number of para-hydroxylation sites is 1. The first-order chi connectivity index (χ1) is 17.6. The van der Waals surface area contributed by atoms with E-state index in [2.05, 4.69) is 10.6 Å². The van der Waals surface area contributed by atoms with Crippen LogP contribution in [-0.2, 0) is 15.8 Å². The third-order valence-electron chi connectivity index (χ3n) is 7.15. The molecule has 4 atom stereocenters. The number of imide groups is 1. The predicted molar refractivity (Wildman–Crippen MR) is 125 cm³/mol. The van der Waals surface area contributed by atoms with Crippen molar-refractivity contribution in [3.63, 3.8) is 0 Å². The van der Waals surface area contributed by atoms with E-state index in [-0.39, 0.29) is 59.8 Å². The molecule has 0 radical (unpaired) electrons. The summed E-state index contributed by atoms with van der Waals surface area (Å²) in [5.41, 5.74) is -2.17. The molecule has 1 heterocycles. The van der Waals surface area contributed by atoms with Crippen LogP contribution in [0.15, 0.2) is 54.6 Å². The van der Waals surface area contributed by atoms with Crippen molar-refractivity contribution in [1.82, 2.24) is 4.90 Å². The molecular weight excluding hydrogens is 493 g/mol. The lowest BCUT2D eigenvalue weighted by molar-refractivity contribution is -0.384. The molecule has 12 heteroatoms. The van der Waals surface area contributed by atoms with Crippen molar-refractivity contribution in [2.75, 3.05) is 23.7 Å². The third kappa shape index (κ3) is 4.32. The minimum Gasteiger partial charge on any atom is -0.378 e. The highest BCUT2D eigenvalue weighted by molar-refractivity contribution is 6.07. The van der Waals surface area contributed by atoms with Gasteiger partial charge in [0, 0.05) is 24.7 Å². The molecule has 1 aliphatic heterocycles. The van der Waals surface area contributed by atoms with Crippen molar-refractivity contribution in [2.45, 2.75) is 12.6 Å². The second kappa shape index (κ2) is 9.02. The quantitative estimate of drug-likeness (QED) is 0.249. The first-order valence-electron chi connectivity index (χ1n) is 11.6. The van der Waals surface area contributed by atoms with E-state index < -0.39 is 33.9 Å². The molecule has 2 N–H and O–H groups in total. The molecule has 9 nitrogen and oxygen atoms in total. The Morgan fingerprint density at radius 3 is 2.30 bits per heavy atom. The average molecular weight is 514 g/mol. The summed E-state index contributed by atoms with van der Waals surface area (Å²) in [6.07, 6.45) is 0.0897. The van der Waals surface area contributed by atoms with Gasteiger partial charge in [0.1, 0.15) is 5.69 Å². The number of fused-ring (bicyclic) bond motifs is 5. The van der Waals surface area contributed by atoms with Crippen molar-refractivity contribution >= 4 is 34.8 Å². The Labute approximate surface area is 208 Å². The molecule has 5 rings (SSSR count). The molecular formula is C25H21F3N4O5. The van der Waals surface area contributed by atoms with E-state index in [1.54, 1.807) is 0 Å². The number of nitro benzene ring substituents is 1. The number of anilines is 2. The summed E-state index contributed by atoms with van der Waals surface area (Å²) in [6, 6.07) is 7.85. The van der Waals surface area contributed by atoms with E-state index in [4.69, 9.17) is 0 Å². The number of alkyl halides is 3. The predicted octanol–water partition coefficient (Wildman–Crippen LogP) is 4.08. The number of nitrogens with one attached hydrogen (secondary N) is 2. The highest BCUT2D eigenvalue weighted by atomic mass is 19.4. The lowest BCUT2D eigenvalue weighted by Gasteiger charge is -2.18. The molecule has 2 aromatic carbocycles. The van der Waals surface area contributed by atoms with Gasteiger partial charge in [-0.2, -0.15) is 13.2 Å². The van der Waals surface area contributed by atoms with Gasteiger partial charge in [-0.1, -0.05) is 24.3 Å². The summed E-state index contributed by atoms with van der Waals surface area (Å²) >= 11 is 0. The standard InChI is InChI=1S/C25H21F3N4O5/c26-25(27,28)16-3-1-2-4-17(16)30-22(33)15-7-8-18(19(12-15)32(36)37)29-9-10-31-23(34)20-13-5-6-14(11-13)21(20)24(31)35/h1-8,12-14,20-21,29H,9-11H2,(H,30,33)/t13-,14-,20-,21+/m0/s1. The minimum absolute atomic E-state index is 0.0255. The fourth-order valence-electron chi connectivity index (χ4n) is 5.49. The number of likely N-dealkylation sites (tertiary alicyclic amines) is 1. The van der Waals surface area contributed by atoms with Gasteiger partial charge >= 0.3 is 6.18 Å². The summed E-state index contributed by atoms with van der Waals surface area (Å²) in [4.78, 5) is 50.2. The molecule has 2 bridgehead atoms. The van der Waals surface area contributed by atoms with E-state index in [1.807, 2.05) is 12.2 Å². The van der Waals surface area contributed by atoms with E-state index in [9.17, 15) is 37.7 Å². The van der Waals surface area contributed by atoms with Crippen molar-refractivity contribution < 1.29 is 32.5 Å². The van der Waals surface area contributed by atoms with Crippen LogP contribution >= 0.6 is 0 Å². The van der Waals surface area contributed by atoms with Gasteiger partial charge in [-0.15, -0.1) is 0 Å². The van der Waals surface area contributed by atoms with Crippen LogP contribution < -0.4 is 10.6 Å². The molecule has 0 spiro atoms. The number of amides is 3. The number of hydrogen-bond acceptors (Lipinski definition) is 6. The number of hydrogen-bond donors (Lipinski definition) is 2. The molecule has 1 saturated carbocycles. The van der Waals surface area contributed by atoms with Crippen LogP contribution in [0.25, 0.3) is 0 Å². The van der Waals surface area contributed by atoms with Crippen LogP contribution in [0.2, 0.25) is 0 Å². The fourth-order valence-corrected chi connectivity index (χ4v) is 5.49. The topological polar surface area (TPSA) is 122 Å². The van der Waals surface area contributed by atoms with Gasteiger partial charge in [0.2, 0.25) is 11.8 Å². The van der Waals surface area contributed by atoms with Crippen LogP contribution in [0, 0.1) is 33.8 Å². The van der Waals surface area contributed by atoms with Crippen molar-refractivity contribution in [2.24, 2.45) is 23.7 Å². The van der Waals surface area contributed by atoms with Gasteiger partial charge in [-0.25, -0.2) is 0 Å². The van der Waals surface area contributed by atoms with E-state index >= 15 is 0 Å². The number of halogens is 3. The molecule has 192 valence electrons. The van der Waals surface area contributed by atoms with Gasteiger partial charge in [0.15, 0.2) is 0 Å². The third-order valence-corrected chi connectivity index (χ3v) is 7.15. The number of nitro groups is 1. The van der Waals surface area contributed by atoms with Crippen LogP contribution in [0.1, 0.15) is 22.3 Å². The lowest BCUT2D eigenvalue weighted by Crippen LogP contribution is -2.36. The lowest BCUT2D eigenvalue weighted by atomic mass is 9.85. The zero-order valence-corrected chi connectivity index (χ0v) is 19.2. The van der Waals surface area contributed by atoms with Gasteiger partial charge in [0.25, 0.3) is 11.6 Å². The number of allylic oxidation sites excluding steroid dienone is 2. The number of carbonyl (C=O) groups excluding carboxylic acids is 3. The summed E-state index contributed by atoms with van der Waals surface area (Å²) in [6.45, 7) is 0.0722. The zero-order chi connectivity index (χ0) is 26.5. The fraction of sp³-hybridized carbons (Fsp3) is 0.320.